The van der Waals surface area contributed by atoms with Crippen LogP contribution in [0.3, 0.4) is 0 Å². The first kappa shape index (κ1) is 16.5. The van der Waals surface area contributed by atoms with E-state index in [2.05, 4.69) is 21.2 Å². The summed E-state index contributed by atoms with van der Waals surface area (Å²) in [5.41, 5.74) is 2.22. The van der Waals surface area contributed by atoms with Gasteiger partial charge in [-0.05, 0) is 54.7 Å². The average molecular weight is 395 g/mol. The van der Waals surface area contributed by atoms with Crippen LogP contribution in [0.5, 0.6) is 0 Å². The van der Waals surface area contributed by atoms with Gasteiger partial charge in [0.2, 0.25) is 0 Å². The van der Waals surface area contributed by atoms with Gasteiger partial charge in [-0.3, -0.25) is 4.79 Å². The van der Waals surface area contributed by atoms with Gasteiger partial charge in [0.05, 0.1) is 17.2 Å². The van der Waals surface area contributed by atoms with Crippen molar-refractivity contribution >= 4 is 39.1 Å². The fraction of sp³-hybridized carbons (Fsp3) is 0.278. The molecule has 0 spiro atoms. The maximum atomic E-state index is 12.4. The second-order valence-corrected chi connectivity index (χ2v) is 7.06. The molecule has 1 aliphatic carbocycles. The molecule has 3 rings (SSSR count). The Morgan fingerprint density at radius 3 is 2.87 bits per heavy atom. The molecule has 0 bridgehead atoms. The highest BCUT2D eigenvalue weighted by Crippen LogP contribution is 2.29. The first-order valence-corrected chi connectivity index (χ1v) is 8.72. The number of carbonyl (C=O) groups excluding carboxylic acids is 1. The van der Waals surface area contributed by atoms with E-state index in [1.807, 2.05) is 24.3 Å². The van der Waals surface area contributed by atoms with Crippen LogP contribution in [-0.2, 0) is 11.3 Å². The molecule has 0 unspecified atom stereocenters. The predicted octanol–water partition coefficient (Wildman–Crippen LogP) is 5.28. The van der Waals surface area contributed by atoms with Crippen LogP contribution in [-0.4, -0.2) is 12.5 Å². The Kier molecular flexibility index (Phi) is 5.36. The molecule has 2 aromatic carbocycles. The molecular formula is C18H17BrClNO2. The zero-order chi connectivity index (χ0) is 16.2. The van der Waals surface area contributed by atoms with Crippen molar-refractivity contribution < 1.29 is 9.53 Å². The number of hydrogen-bond donors (Lipinski definition) is 1. The third-order valence-corrected chi connectivity index (χ3v) is 4.50. The van der Waals surface area contributed by atoms with Crippen molar-refractivity contribution in [2.24, 2.45) is 5.92 Å². The zero-order valence-electron chi connectivity index (χ0n) is 12.5. The highest BCUT2D eigenvalue weighted by atomic mass is 79.9. The van der Waals surface area contributed by atoms with Gasteiger partial charge >= 0.3 is 0 Å². The Hall–Kier alpha value is -1.36. The van der Waals surface area contributed by atoms with E-state index in [0.717, 1.165) is 28.2 Å². The summed E-state index contributed by atoms with van der Waals surface area (Å²) >= 11 is 9.44. The van der Waals surface area contributed by atoms with Gasteiger partial charge in [-0.25, -0.2) is 0 Å². The number of amides is 1. The second kappa shape index (κ2) is 7.47. The highest BCUT2D eigenvalue weighted by molar-refractivity contribution is 9.10. The molecule has 3 nitrogen and oxygen atoms in total. The van der Waals surface area contributed by atoms with E-state index in [1.165, 1.54) is 12.8 Å². The van der Waals surface area contributed by atoms with Crippen LogP contribution >= 0.6 is 27.5 Å². The molecule has 1 amide bonds. The quantitative estimate of drug-likeness (QED) is 0.723. The fourth-order valence-electron chi connectivity index (χ4n) is 2.24. The van der Waals surface area contributed by atoms with Crippen LogP contribution in [0.15, 0.2) is 46.9 Å². The van der Waals surface area contributed by atoms with Crippen molar-refractivity contribution in [3.8, 4) is 0 Å². The van der Waals surface area contributed by atoms with Crippen molar-refractivity contribution in [3.05, 3.63) is 63.1 Å². The summed E-state index contributed by atoms with van der Waals surface area (Å²) in [7, 11) is 0. The first-order valence-electron chi connectivity index (χ1n) is 7.55. The molecule has 1 saturated carbocycles. The van der Waals surface area contributed by atoms with Crippen molar-refractivity contribution in [1.29, 1.82) is 0 Å². The molecule has 0 heterocycles. The Morgan fingerprint density at radius 2 is 2.09 bits per heavy atom. The highest BCUT2D eigenvalue weighted by Gasteiger charge is 2.21. The van der Waals surface area contributed by atoms with E-state index in [0.29, 0.717) is 17.2 Å². The largest absolute Gasteiger partial charge is 0.376 e. The van der Waals surface area contributed by atoms with Crippen LogP contribution in [0, 0.1) is 5.92 Å². The number of ether oxygens (including phenoxy) is 1. The number of benzene rings is 2. The molecule has 1 fully saturated rings. The van der Waals surface area contributed by atoms with E-state index in [4.69, 9.17) is 16.3 Å². The van der Waals surface area contributed by atoms with E-state index < -0.39 is 0 Å². The molecule has 0 atom stereocenters. The third-order valence-electron chi connectivity index (χ3n) is 3.68. The summed E-state index contributed by atoms with van der Waals surface area (Å²) in [6.45, 7) is 1.39. The number of halogens is 2. The monoisotopic (exact) mass is 393 g/mol. The summed E-state index contributed by atoms with van der Waals surface area (Å²) in [5, 5.41) is 3.30. The summed E-state index contributed by atoms with van der Waals surface area (Å²) in [6.07, 6.45) is 2.56. The lowest BCUT2D eigenvalue weighted by molar-refractivity contribution is 0.102. The van der Waals surface area contributed by atoms with Crippen LogP contribution in [0.2, 0.25) is 5.02 Å². The van der Waals surface area contributed by atoms with E-state index in [-0.39, 0.29) is 5.91 Å². The number of rotatable bonds is 6. The molecule has 0 aromatic heterocycles. The summed E-state index contributed by atoms with van der Waals surface area (Å²) in [6, 6.07) is 12.9. The van der Waals surface area contributed by atoms with E-state index in [1.54, 1.807) is 18.2 Å². The van der Waals surface area contributed by atoms with Gasteiger partial charge in [0.25, 0.3) is 5.91 Å². The molecular weight excluding hydrogens is 378 g/mol. The minimum absolute atomic E-state index is 0.229. The Morgan fingerprint density at radius 1 is 1.26 bits per heavy atom. The van der Waals surface area contributed by atoms with Crippen molar-refractivity contribution in [2.75, 3.05) is 11.9 Å². The van der Waals surface area contributed by atoms with Crippen molar-refractivity contribution in [2.45, 2.75) is 19.4 Å². The summed E-state index contributed by atoms with van der Waals surface area (Å²) in [4.78, 5) is 12.4. The Bertz CT molecular complexity index is 716. The SMILES string of the molecule is O=C(Nc1cccc(COCC2CC2)c1)c1cc(Br)ccc1Cl. The summed E-state index contributed by atoms with van der Waals surface area (Å²) < 4.78 is 6.50. The molecule has 5 heteroatoms. The van der Waals surface area contributed by atoms with E-state index in [9.17, 15) is 4.79 Å². The zero-order valence-corrected chi connectivity index (χ0v) is 14.9. The number of nitrogens with one attached hydrogen (secondary N) is 1. The summed E-state index contributed by atoms with van der Waals surface area (Å²) in [5.74, 6) is 0.518. The fourth-order valence-corrected chi connectivity index (χ4v) is 2.80. The van der Waals surface area contributed by atoms with Gasteiger partial charge in [0.1, 0.15) is 0 Å². The Labute approximate surface area is 149 Å². The van der Waals surface area contributed by atoms with Crippen LogP contribution in [0.1, 0.15) is 28.8 Å². The van der Waals surface area contributed by atoms with Crippen LogP contribution in [0.4, 0.5) is 5.69 Å². The van der Waals surface area contributed by atoms with E-state index >= 15 is 0 Å². The molecule has 23 heavy (non-hydrogen) atoms. The standard InChI is InChI=1S/C18H17BrClNO2/c19-14-6-7-17(20)16(9-14)18(22)21-15-3-1-2-13(8-15)11-23-10-12-4-5-12/h1-3,6-9,12H,4-5,10-11H2,(H,21,22). The molecule has 0 radical (unpaired) electrons. The third kappa shape index (κ3) is 4.80. The topological polar surface area (TPSA) is 38.3 Å². The van der Waals surface area contributed by atoms with Crippen LogP contribution in [0.25, 0.3) is 0 Å². The van der Waals surface area contributed by atoms with Crippen molar-refractivity contribution in [3.63, 3.8) is 0 Å². The van der Waals surface area contributed by atoms with Gasteiger partial charge < -0.3 is 10.1 Å². The maximum absolute atomic E-state index is 12.4. The van der Waals surface area contributed by atoms with Gasteiger partial charge in [-0.15, -0.1) is 0 Å². The van der Waals surface area contributed by atoms with Crippen molar-refractivity contribution in [1.82, 2.24) is 0 Å². The molecule has 0 saturated heterocycles. The lowest BCUT2D eigenvalue weighted by Crippen LogP contribution is -2.12. The van der Waals surface area contributed by atoms with Gasteiger partial charge in [0.15, 0.2) is 0 Å². The molecule has 1 N–H and O–H groups in total. The van der Waals surface area contributed by atoms with Gasteiger partial charge in [-0.2, -0.15) is 0 Å². The Balaban J connectivity index is 1.64. The van der Waals surface area contributed by atoms with Crippen LogP contribution < -0.4 is 5.32 Å². The number of anilines is 1. The predicted molar refractivity (Wildman–Crippen MR) is 95.9 cm³/mol. The lowest BCUT2D eigenvalue weighted by Gasteiger charge is -2.09. The average Bonchev–Trinajstić information content (AvgIpc) is 3.34. The minimum Gasteiger partial charge on any atom is -0.376 e. The normalized spacial score (nSPS) is 13.8. The molecule has 120 valence electrons. The smallest absolute Gasteiger partial charge is 0.257 e. The molecule has 1 aliphatic rings. The number of hydrogen-bond acceptors (Lipinski definition) is 2. The number of carbonyl (C=O) groups is 1. The molecule has 2 aromatic rings. The first-order chi connectivity index (χ1) is 11.1. The van der Waals surface area contributed by atoms with Gasteiger partial charge in [-0.1, -0.05) is 39.7 Å². The van der Waals surface area contributed by atoms with Gasteiger partial charge in [0, 0.05) is 16.8 Å². The molecule has 0 aliphatic heterocycles. The second-order valence-electron chi connectivity index (χ2n) is 5.74. The lowest BCUT2D eigenvalue weighted by atomic mass is 10.2. The maximum Gasteiger partial charge on any atom is 0.257 e. The minimum atomic E-state index is -0.229.